The van der Waals surface area contributed by atoms with Crippen LogP contribution in [0.4, 0.5) is 0 Å². The zero-order valence-corrected chi connectivity index (χ0v) is 10.4. The maximum atomic E-state index is 9.73. The van der Waals surface area contributed by atoms with Crippen molar-refractivity contribution >= 4 is 26.8 Å². The summed E-state index contributed by atoms with van der Waals surface area (Å²) in [6.45, 7) is 3.63. The number of aliphatic hydroxyl groups is 1. The molecule has 2 aromatic rings. The Morgan fingerprint density at radius 1 is 1.40 bits per heavy atom. The lowest BCUT2D eigenvalue weighted by molar-refractivity contribution is 0.0801. The molecule has 80 valence electrons. The molecule has 2 rings (SSSR count). The van der Waals surface area contributed by atoms with Crippen LogP contribution < -0.4 is 0 Å². The van der Waals surface area contributed by atoms with Crippen molar-refractivity contribution in [3.63, 3.8) is 0 Å². The van der Waals surface area contributed by atoms with E-state index in [1.165, 1.54) is 5.39 Å². The molecule has 2 nitrogen and oxygen atoms in total. The molecule has 3 heteroatoms. The lowest BCUT2D eigenvalue weighted by Gasteiger charge is -2.15. The van der Waals surface area contributed by atoms with Crippen LogP contribution in [0.3, 0.4) is 0 Å². The van der Waals surface area contributed by atoms with E-state index in [2.05, 4.69) is 33.0 Å². The van der Waals surface area contributed by atoms with Gasteiger partial charge >= 0.3 is 0 Å². The highest BCUT2D eigenvalue weighted by molar-refractivity contribution is 9.10. The lowest BCUT2D eigenvalue weighted by atomic mass is 10.0. The Balaban J connectivity index is 2.44. The van der Waals surface area contributed by atoms with Crippen LogP contribution in [0.25, 0.3) is 10.9 Å². The fraction of sp³-hybridized carbons (Fsp3) is 0.333. The van der Waals surface area contributed by atoms with E-state index < -0.39 is 5.60 Å². The summed E-state index contributed by atoms with van der Waals surface area (Å²) >= 11 is 3.50. The normalized spacial score (nSPS) is 12.3. The molecule has 0 radical (unpaired) electrons. The molecule has 0 amide bonds. The SMILES string of the molecule is CC(C)(O)Cc1cc2cccc(Br)c2[nH]1. The average molecular weight is 268 g/mol. The second-order valence-electron chi connectivity index (χ2n) is 4.49. The van der Waals surface area contributed by atoms with E-state index in [0.29, 0.717) is 6.42 Å². The van der Waals surface area contributed by atoms with Gasteiger partial charge in [0.25, 0.3) is 0 Å². The van der Waals surface area contributed by atoms with Gasteiger partial charge in [-0.15, -0.1) is 0 Å². The summed E-state index contributed by atoms with van der Waals surface area (Å²) in [7, 11) is 0. The predicted molar refractivity (Wildman–Crippen MR) is 66.0 cm³/mol. The van der Waals surface area contributed by atoms with E-state index in [1.807, 2.05) is 26.0 Å². The number of hydrogen-bond donors (Lipinski definition) is 2. The molecule has 0 bridgehead atoms. The fourth-order valence-corrected chi connectivity index (χ4v) is 2.22. The smallest absolute Gasteiger partial charge is 0.0646 e. The summed E-state index contributed by atoms with van der Waals surface area (Å²) < 4.78 is 1.06. The van der Waals surface area contributed by atoms with Gasteiger partial charge in [0.1, 0.15) is 0 Å². The molecule has 0 unspecified atom stereocenters. The van der Waals surface area contributed by atoms with Gasteiger partial charge in [0.05, 0.1) is 11.1 Å². The molecule has 2 N–H and O–H groups in total. The van der Waals surface area contributed by atoms with Crippen LogP contribution in [0.2, 0.25) is 0 Å². The minimum Gasteiger partial charge on any atom is -0.390 e. The van der Waals surface area contributed by atoms with Gasteiger partial charge in [-0.1, -0.05) is 12.1 Å². The number of halogens is 1. The molecule has 0 aliphatic rings. The van der Waals surface area contributed by atoms with Crippen LogP contribution >= 0.6 is 15.9 Å². The lowest BCUT2D eigenvalue weighted by Crippen LogP contribution is -2.21. The molecule has 0 spiro atoms. The molecule has 1 aromatic carbocycles. The Morgan fingerprint density at radius 2 is 2.13 bits per heavy atom. The highest BCUT2D eigenvalue weighted by atomic mass is 79.9. The topological polar surface area (TPSA) is 36.0 Å². The summed E-state index contributed by atoms with van der Waals surface area (Å²) in [5.41, 5.74) is 1.48. The molecule has 1 aromatic heterocycles. The minimum absolute atomic E-state index is 0.633. The second kappa shape index (κ2) is 3.65. The van der Waals surface area contributed by atoms with Crippen LogP contribution in [0, 0.1) is 0 Å². The van der Waals surface area contributed by atoms with Crippen LogP contribution in [0.15, 0.2) is 28.7 Å². The number of para-hydroxylation sites is 1. The monoisotopic (exact) mass is 267 g/mol. The van der Waals surface area contributed by atoms with E-state index in [-0.39, 0.29) is 0 Å². The number of H-pyrrole nitrogens is 1. The number of benzene rings is 1. The average Bonchev–Trinajstić information content (AvgIpc) is 2.45. The third kappa shape index (κ3) is 2.41. The zero-order chi connectivity index (χ0) is 11.1. The fourth-order valence-electron chi connectivity index (χ4n) is 1.74. The zero-order valence-electron chi connectivity index (χ0n) is 8.84. The van der Waals surface area contributed by atoms with Gasteiger partial charge < -0.3 is 10.1 Å². The molecule has 1 heterocycles. The molecule has 0 aliphatic carbocycles. The molecule has 0 aliphatic heterocycles. The molecule has 0 saturated carbocycles. The Morgan fingerprint density at radius 3 is 2.73 bits per heavy atom. The van der Waals surface area contributed by atoms with Gasteiger partial charge in [0, 0.05) is 22.0 Å². The van der Waals surface area contributed by atoms with Crippen molar-refractivity contribution in [2.24, 2.45) is 0 Å². The van der Waals surface area contributed by atoms with Crippen LogP contribution in [0.1, 0.15) is 19.5 Å². The summed E-state index contributed by atoms with van der Waals surface area (Å²) in [6.07, 6.45) is 0.633. The number of rotatable bonds is 2. The number of aromatic amines is 1. The maximum Gasteiger partial charge on any atom is 0.0646 e. The van der Waals surface area contributed by atoms with Crippen LogP contribution in [0.5, 0.6) is 0 Å². The van der Waals surface area contributed by atoms with E-state index in [1.54, 1.807) is 0 Å². The molecule has 0 atom stereocenters. The molecule has 0 saturated heterocycles. The summed E-state index contributed by atoms with van der Waals surface area (Å²) in [4.78, 5) is 3.31. The van der Waals surface area contributed by atoms with Gasteiger partial charge in [-0.3, -0.25) is 0 Å². The van der Waals surface area contributed by atoms with Gasteiger partial charge in [0.15, 0.2) is 0 Å². The van der Waals surface area contributed by atoms with Crippen LogP contribution in [-0.2, 0) is 6.42 Å². The van der Waals surface area contributed by atoms with Crippen molar-refractivity contribution in [1.82, 2.24) is 4.98 Å². The minimum atomic E-state index is -0.673. The third-order valence-corrected chi connectivity index (χ3v) is 2.95. The summed E-state index contributed by atoms with van der Waals surface area (Å²) in [6, 6.07) is 8.16. The van der Waals surface area contributed by atoms with Gasteiger partial charge in [-0.25, -0.2) is 0 Å². The molecular formula is C12H14BrNO. The van der Waals surface area contributed by atoms with Gasteiger partial charge in [-0.05, 0) is 41.9 Å². The second-order valence-corrected chi connectivity index (χ2v) is 5.34. The standard InChI is InChI=1S/C12H14BrNO/c1-12(2,15)7-9-6-8-4-3-5-10(13)11(8)14-9/h3-6,14-15H,7H2,1-2H3. The number of aromatic nitrogens is 1. The van der Waals surface area contributed by atoms with Crippen LogP contribution in [-0.4, -0.2) is 15.7 Å². The van der Waals surface area contributed by atoms with Crippen molar-refractivity contribution < 1.29 is 5.11 Å². The van der Waals surface area contributed by atoms with Crippen molar-refractivity contribution in [1.29, 1.82) is 0 Å². The van der Waals surface area contributed by atoms with Crippen molar-refractivity contribution in [2.45, 2.75) is 25.9 Å². The Hall–Kier alpha value is -0.800. The van der Waals surface area contributed by atoms with E-state index >= 15 is 0 Å². The van der Waals surface area contributed by atoms with E-state index in [9.17, 15) is 5.11 Å². The van der Waals surface area contributed by atoms with Crippen molar-refractivity contribution in [2.75, 3.05) is 0 Å². The largest absolute Gasteiger partial charge is 0.390 e. The van der Waals surface area contributed by atoms with Gasteiger partial charge in [0.2, 0.25) is 0 Å². The maximum absolute atomic E-state index is 9.73. The van der Waals surface area contributed by atoms with Gasteiger partial charge in [-0.2, -0.15) is 0 Å². The predicted octanol–water partition coefficient (Wildman–Crippen LogP) is 3.24. The Kier molecular flexibility index (Phi) is 2.61. The summed E-state index contributed by atoms with van der Waals surface area (Å²) in [5, 5.41) is 10.9. The highest BCUT2D eigenvalue weighted by Gasteiger charge is 2.15. The van der Waals surface area contributed by atoms with E-state index in [0.717, 1.165) is 15.7 Å². The Labute approximate surface area is 97.4 Å². The Bertz CT molecular complexity index is 482. The molecule has 15 heavy (non-hydrogen) atoms. The first-order chi connectivity index (χ1) is 6.96. The van der Waals surface area contributed by atoms with Crippen molar-refractivity contribution in [3.05, 3.63) is 34.4 Å². The number of fused-ring (bicyclic) bond motifs is 1. The number of hydrogen-bond acceptors (Lipinski definition) is 1. The third-order valence-electron chi connectivity index (χ3n) is 2.28. The highest BCUT2D eigenvalue weighted by Crippen LogP contribution is 2.25. The quantitative estimate of drug-likeness (QED) is 0.861. The first kappa shape index (κ1) is 10.7. The van der Waals surface area contributed by atoms with Crippen molar-refractivity contribution in [3.8, 4) is 0 Å². The molecule has 0 fully saturated rings. The summed E-state index contributed by atoms with van der Waals surface area (Å²) in [5.74, 6) is 0. The molecular weight excluding hydrogens is 254 g/mol. The first-order valence-electron chi connectivity index (χ1n) is 4.94. The number of nitrogens with one attached hydrogen (secondary N) is 1. The first-order valence-corrected chi connectivity index (χ1v) is 5.73. The van der Waals surface area contributed by atoms with E-state index in [4.69, 9.17) is 0 Å².